The van der Waals surface area contributed by atoms with E-state index in [-0.39, 0.29) is 10.7 Å². The van der Waals surface area contributed by atoms with Gasteiger partial charge in [-0.2, -0.15) is 4.98 Å². The third kappa shape index (κ3) is 3.22. The standard InChI is InChI=1S/C18H24N2OS/c1-12(16-19-17(20-21-16)18(2,3)4)22-15-11-7-9-13-8-5-6-10-14(13)15/h5-6,8,10,12,15H,7,9,11H2,1-4H3. The molecule has 0 N–H and O–H groups in total. The van der Waals surface area contributed by atoms with Crippen LogP contribution in [-0.2, 0) is 11.8 Å². The minimum atomic E-state index is -0.0659. The first-order chi connectivity index (χ1) is 10.4. The van der Waals surface area contributed by atoms with Crippen molar-refractivity contribution in [1.29, 1.82) is 0 Å². The van der Waals surface area contributed by atoms with Crippen LogP contribution in [0.3, 0.4) is 0 Å². The molecule has 3 rings (SSSR count). The van der Waals surface area contributed by atoms with Crippen molar-refractivity contribution in [3.8, 4) is 0 Å². The highest BCUT2D eigenvalue weighted by Gasteiger charge is 2.27. The summed E-state index contributed by atoms with van der Waals surface area (Å²) in [6, 6.07) is 8.82. The van der Waals surface area contributed by atoms with E-state index in [4.69, 9.17) is 4.52 Å². The first kappa shape index (κ1) is 15.6. The molecule has 0 radical (unpaired) electrons. The van der Waals surface area contributed by atoms with Gasteiger partial charge in [-0.15, -0.1) is 11.8 Å². The highest BCUT2D eigenvalue weighted by atomic mass is 32.2. The average Bonchev–Trinajstić information content (AvgIpc) is 2.98. The molecule has 3 nitrogen and oxygen atoms in total. The maximum absolute atomic E-state index is 5.50. The maximum Gasteiger partial charge on any atom is 0.239 e. The van der Waals surface area contributed by atoms with Crippen LogP contribution in [0.4, 0.5) is 0 Å². The lowest BCUT2D eigenvalue weighted by molar-refractivity contribution is 0.364. The van der Waals surface area contributed by atoms with E-state index in [0.717, 1.165) is 11.7 Å². The number of hydrogen-bond donors (Lipinski definition) is 0. The Bertz CT molecular complexity index is 645. The lowest BCUT2D eigenvalue weighted by Crippen LogP contribution is -2.13. The molecule has 22 heavy (non-hydrogen) atoms. The van der Waals surface area contributed by atoms with E-state index in [0.29, 0.717) is 5.25 Å². The molecule has 0 amide bonds. The first-order valence-electron chi connectivity index (χ1n) is 8.02. The van der Waals surface area contributed by atoms with E-state index in [1.165, 1.54) is 30.4 Å². The predicted molar refractivity (Wildman–Crippen MR) is 91.1 cm³/mol. The second kappa shape index (κ2) is 6.07. The van der Waals surface area contributed by atoms with Crippen LogP contribution >= 0.6 is 11.8 Å². The molecule has 2 unspecified atom stereocenters. The Hall–Kier alpha value is -1.29. The minimum Gasteiger partial charge on any atom is -0.338 e. The summed E-state index contributed by atoms with van der Waals surface area (Å²) in [5, 5.41) is 4.90. The van der Waals surface area contributed by atoms with Gasteiger partial charge in [0.15, 0.2) is 5.82 Å². The zero-order chi connectivity index (χ0) is 15.7. The number of aromatic nitrogens is 2. The van der Waals surface area contributed by atoms with Crippen LogP contribution in [0.2, 0.25) is 0 Å². The van der Waals surface area contributed by atoms with Crippen molar-refractivity contribution >= 4 is 11.8 Å². The summed E-state index contributed by atoms with van der Waals surface area (Å²) in [6.45, 7) is 8.49. The zero-order valence-electron chi connectivity index (χ0n) is 13.8. The molecule has 0 saturated carbocycles. The smallest absolute Gasteiger partial charge is 0.239 e. The van der Waals surface area contributed by atoms with Gasteiger partial charge >= 0.3 is 0 Å². The minimum absolute atomic E-state index is 0.0659. The average molecular weight is 316 g/mol. The van der Waals surface area contributed by atoms with Crippen molar-refractivity contribution in [2.75, 3.05) is 0 Å². The van der Waals surface area contributed by atoms with E-state index in [9.17, 15) is 0 Å². The first-order valence-corrected chi connectivity index (χ1v) is 8.97. The van der Waals surface area contributed by atoms with Crippen LogP contribution in [0.1, 0.15) is 73.9 Å². The summed E-state index contributed by atoms with van der Waals surface area (Å²) >= 11 is 1.94. The van der Waals surface area contributed by atoms with Crippen molar-refractivity contribution in [3.63, 3.8) is 0 Å². The summed E-state index contributed by atoms with van der Waals surface area (Å²) in [4.78, 5) is 4.60. The zero-order valence-corrected chi connectivity index (χ0v) is 14.6. The number of aryl methyl sites for hydroxylation is 1. The number of benzene rings is 1. The van der Waals surface area contributed by atoms with Crippen molar-refractivity contribution in [2.24, 2.45) is 0 Å². The molecule has 0 fully saturated rings. The van der Waals surface area contributed by atoms with E-state index >= 15 is 0 Å². The van der Waals surface area contributed by atoms with Crippen molar-refractivity contribution < 1.29 is 4.52 Å². The Kier molecular flexibility index (Phi) is 4.31. The highest BCUT2D eigenvalue weighted by Crippen LogP contribution is 2.46. The molecule has 0 spiro atoms. The van der Waals surface area contributed by atoms with E-state index in [2.05, 4.69) is 62.1 Å². The molecular formula is C18H24N2OS. The molecule has 2 atom stereocenters. The molecule has 0 aliphatic heterocycles. The number of nitrogens with zero attached hydrogens (tertiary/aromatic N) is 2. The monoisotopic (exact) mass is 316 g/mol. The van der Waals surface area contributed by atoms with Gasteiger partial charge in [0, 0.05) is 10.7 Å². The van der Waals surface area contributed by atoms with Gasteiger partial charge in [-0.3, -0.25) is 0 Å². The molecule has 1 aliphatic carbocycles. The largest absolute Gasteiger partial charge is 0.338 e. The van der Waals surface area contributed by atoms with Gasteiger partial charge in [0.25, 0.3) is 0 Å². The van der Waals surface area contributed by atoms with E-state index in [1.807, 2.05) is 11.8 Å². The second-order valence-corrected chi connectivity index (χ2v) is 8.61. The highest BCUT2D eigenvalue weighted by molar-refractivity contribution is 7.99. The summed E-state index contributed by atoms with van der Waals surface area (Å²) in [6.07, 6.45) is 3.70. The van der Waals surface area contributed by atoms with Crippen LogP contribution in [0, 0.1) is 0 Å². The summed E-state index contributed by atoms with van der Waals surface area (Å²) in [5.41, 5.74) is 2.92. The van der Waals surface area contributed by atoms with Crippen LogP contribution in [0.15, 0.2) is 28.8 Å². The number of rotatable bonds is 3. The molecule has 1 aromatic heterocycles. The third-order valence-electron chi connectivity index (χ3n) is 4.14. The van der Waals surface area contributed by atoms with Gasteiger partial charge in [-0.1, -0.05) is 50.2 Å². The lowest BCUT2D eigenvalue weighted by Gasteiger charge is -2.26. The maximum atomic E-state index is 5.50. The topological polar surface area (TPSA) is 38.9 Å². The molecule has 4 heteroatoms. The molecule has 118 valence electrons. The van der Waals surface area contributed by atoms with Gasteiger partial charge in [0.2, 0.25) is 5.89 Å². The fraction of sp³-hybridized carbons (Fsp3) is 0.556. The van der Waals surface area contributed by atoms with Gasteiger partial charge in [0.1, 0.15) is 0 Å². The Morgan fingerprint density at radius 3 is 2.77 bits per heavy atom. The lowest BCUT2D eigenvalue weighted by atomic mass is 9.91. The van der Waals surface area contributed by atoms with Crippen LogP contribution in [0.5, 0.6) is 0 Å². The quantitative estimate of drug-likeness (QED) is 0.776. The molecular weight excluding hydrogens is 292 g/mol. The van der Waals surface area contributed by atoms with Crippen LogP contribution in [0.25, 0.3) is 0 Å². The van der Waals surface area contributed by atoms with E-state index < -0.39 is 0 Å². The Labute approximate surface area is 136 Å². The SMILES string of the molecule is CC(SC1CCCc2ccccc21)c1nc(C(C)(C)C)no1. The molecule has 1 aliphatic rings. The summed E-state index contributed by atoms with van der Waals surface area (Å²) in [7, 11) is 0. The van der Waals surface area contributed by atoms with Crippen LogP contribution in [-0.4, -0.2) is 10.1 Å². The van der Waals surface area contributed by atoms with Crippen LogP contribution < -0.4 is 0 Å². The number of hydrogen-bond acceptors (Lipinski definition) is 4. The Morgan fingerprint density at radius 1 is 1.27 bits per heavy atom. The second-order valence-electron chi connectivity index (χ2n) is 7.06. The molecule has 2 aromatic rings. The van der Waals surface area contributed by atoms with Gasteiger partial charge < -0.3 is 4.52 Å². The van der Waals surface area contributed by atoms with Gasteiger partial charge in [-0.25, -0.2) is 0 Å². The molecule has 1 aromatic carbocycles. The van der Waals surface area contributed by atoms with Crippen molar-refractivity contribution in [1.82, 2.24) is 10.1 Å². The molecule has 1 heterocycles. The fourth-order valence-corrected chi connectivity index (χ4v) is 4.24. The Balaban J connectivity index is 1.75. The van der Waals surface area contributed by atoms with Crippen molar-refractivity contribution in [2.45, 2.75) is 62.9 Å². The molecule has 0 bridgehead atoms. The normalized spacial score (nSPS) is 19.7. The predicted octanol–water partition coefficient (Wildman–Crippen LogP) is 5.24. The fourth-order valence-electron chi connectivity index (χ4n) is 2.86. The number of fused-ring (bicyclic) bond motifs is 1. The Morgan fingerprint density at radius 2 is 2.05 bits per heavy atom. The third-order valence-corrected chi connectivity index (χ3v) is 5.57. The van der Waals surface area contributed by atoms with Crippen molar-refractivity contribution in [3.05, 3.63) is 47.1 Å². The number of thioether (sulfide) groups is 1. The van der Waals surface area contributed by atoms with Gasteiger partial charge in [-0.05, 0) is 37.3 Å². The summed E-state index contributed by atoms with van der Waals surface area (Å²) < 4.78 is 5.50. The summed E-state index contributed by atoms with van der Waals surface area (Å²) in [5.74, 6) is 1.54. The molecule has 0 saturated heterocycles. The van der Waals surface area contributed by atoms with E-state index in [1.54, 1.807) is 0 Å². The van der Waals surface area contributed by atoms with Gasteiger partial charge in [0.05, 0.1) is 5.25 Å².